The van der Waals surface area contributed by atoms with Crippen molar-refractivity contribution in [2.24, 2.45) is 10.9 Å². The summed E-state index contributed by atoms with van der Waals surface area (Å²) in [7, 11) is 0. The maximum atomic E-state index is 14.0. The van der Waals surface area contributed by atoms with E-state index >= 15 is 0 Å². The van der Waals surface area contributed by atoms with Crippen molar-refractivity contribution in [2.45, 2.75) is 39.2 Å². The number of hydrogen-bond acceptors (Lipinski definition) is 3. The number of piperazine rings is 1. The van der Waals surface area contributed by atoms with E-state index in [9.17, 15) is 13.6 Å². The van der Waals surface area contributed by atoms with Crippen molar-refractivity contribution < 1.29 is 13.6 Å². The molecule has 1 aromatic carbocycles. The van der Waals surface area contributed by atoms with Crippen LogP contribution < -0.4 is 10.6 Å². The number of carbonyl (C=O) groups is 1. The highest BCUT2D eigenvalue weighted by Gasteiger charge is 2.31. The fourth-order valence-electron chi connectivity index (χ4n) is 3.86. The molecule has 1 aliphatic carbocycles. The van der Waals surface area contributed by atoms with Gasteiger partial charge in [0.05, 0.1) is 12.6 Å². The SMILES string of the molecule is CCNC(=NCCN1CCN(C(=O)C2CCC2)CC1)NC(C)c1ccc(F)cc1F. The first-order valence-corrected chi connectivity index (χ1v) is 11.0. The smallest absolute Gasteiger partial charge is 0.225 e. The lowest BCUT2D eigenvalue weighted by Crippen LogP contribution is -2.51. The van der Waals surface area contributed by atoms with E-state index in [-0.39, 0.29) is 12.0 Å². The summed E-state index contributed by atoms with van der Waals surface area (Å²) in [6, 6.07) is 3.27. The molecule has 1 aliphatic heterocycles. The molecule has 0 bridgehead atoms. The van der Waals surface area contributed by atoms with Crippen LogP contribution in [0.1, 0.15) is 44.7 Å². The summed E-state index contributed by atoms with van der Waals surface area (Å²) in [6.45, 7) is 9.21. The molecule has 1 unspecified atom stereocenters. The van der Waals surface area contributed by atoms with Crippen LogP contribution >= 0.6 is 0 Å². The standard InChI is InChI=1S/C22H33F2N5O/c1-3-25-22(27-16(2)19-8-7-18(23)15-20(19)24)26-9-10-28-11-13-29(14-12-28)21(30)17-5-4-6-17/h7-8,15-17H,3-6,9-14H2,1-2H3,(H2,25,26,27). The summed E-state index contributed by atoms with van der Waals surface area (Å²) in [5, 5.41) is 6.35. The lowest BCUT2D eigenvalue weighted by molar-refractivity contribution is -0.139. The van der Waals surface area contributed by atoms with Crippen molar-refractivity contribution in [1.29, 1.82) is 0 Å². The number of nitrogens with zero attached hydrogens (tertiary/aromatic N) is 3. The van der Waals surface area contributed by atoms with Crippen molar-refractivity contribution in [3.63, 3.8) is 0 Å². The second kappa shape index (κ2) is 10.7. The van der Waals surface area contributed by atoms with Gasteiger partial charge in [-0.1, -0.05) is 12.5 Å². The van der Waals surface area contributed by atoms with Crippen LogP contribution in [0.3, 0.4) is 0 Å². The summed E-state index contributed by atoms with van der Waals surface area (Å²) in [5.41, 5.74) is 0.397. The van der Waals surface area contributed by atoms with Crippen molar-refractivity contribution in [2.75, 3.05) is 45.8 Å². The van der Waals surface area contributed by atoms with Gasteiger partial charge in [0.1, 0.15) is 11.6 Å². The molecular weight excluding hydrogens is 388 g/mol. The van der Waals surface area contributed by atoms with E-state index in [1.54, 1.807) is 0 Å². The van der Waals surface area contributed by atoms with Gasteiger partial charge in [-0.25, -0.2) is 8.78 Å². The molecular formula is C22H33F2N5O. The Kier molecular flexibility index (Phi) is 8.01. The van der Waals surface area contributed by atoms with E-state index in [1.165, 1.54) is 18.6 Å². The maximum Gasteiger partial charge on any atom is 0.225 e. The van der Waals surface area contributed by atoms with Gasteiger partial charge in [0.15, 0.2) is 5.96 Å². The van der Waals surface area contributed by atoms with Crippen LogP contribution in [0.4, 0.5) is 8.78 Å². The molecule has 1 saturated carbocycles. The van der Waals surface area contributed by atoms with Gasteiger partial charge in [-0.3, -0.25) is 14.7 Å². The first-order valence-electron chi connectivity index (χ1n) is 11.0. The van der Waals surface area contributed by atoms with Crippen LogP contribution in [0.15, 0.2) is 23.2 Å². The highest BCUT2D eigenvalue weighted by atomic mass is 19.1. The number of nitrogens with one attached hydrogen (secondary N) is 2. The second-order valence-electron chi connectivity index (χ2n) is 8.09. The predicted octanol–water partition coefficient (Wildman–Crippen LogP) is 2.53. The second-order valence-corrected chi connectivity index (χ2v) is 8.09. The molecule has 0 spiro atoms. The molecule has 0 aromatic heterocycles. The van der Waals surface area contributed by atoms with Gasteiger partial charge in [-0.15, -0.1) is 0 Å². The number of hydrogen-bond donors (Lipinski definition) is 2. The summed E-state index contributed by atoms with van der Waals surface area (Å²) >= 11 is 0. The lowest BCUT2D eigenvalue weighted by atomic mass is 9.84. The maximum absolute atomic E-state index is 14.0. The Bertz CT molecular complexity index is 745. The third kappa shape index (κ3) is 5.90. The topological polar surface area (TPSA) is 60.0 Å². The van der Waals surface area contributed by atoms with E-state index < -0.39 is 11.6 Å². The largest absolute Gasteiger partial charge is 0.357 e. The van der Waals surface area contributed by atoms with Crippen LogP contribution in [0.2, 0.25) is 0 Å². The summed E-state index contributed by atoms with van der Waals surface area (Å²) in [6.07, 6.45) is 3.28. The minimum atomic E-state index is -0.585. The molecule has 3 rings (SSSR count). The molecule has 1 aromatic rings. The molecule has 1 heterocycles. The van der Waals surface area contributed by atoms with Gasteiger partial charge < -0.3 is 15.5 Å². The normalized spacial score (nSPS) is 19.3. The number of benzene rings is 1. The number of halogens is 2. The van der Waals surface area contributed by atoms with Gasteiger partial charge >= 0.3 is 0 Å². The van der Waals surface area contributed by atoms with E-state index in [4.69, 9.17) is 0 Å². The zero-order valence-corrected chi connectivity index (χ0v) is 18.0. The quantitative estimate of drug-likeness (QED) is 0.525. The fraction of sp³-hybridized carbons (Fsp3) is 0.636. The van der Waals surface area contributed by atoms with Gasteiger partial charge in [0.25, 0.3) is 0 Å². The van der Waals surface area contributed by atoms with Crippen LogP contribution in [0.25, 0.3) is 0 Å². The number of guanidine groups is 1. The van der Waals surface area contributed by atoms with E-state index in [0.717, 1.165) is 51.6 Å². The van der Waals surface area contributed by atoms with Crippen molar-refractivity contribution >= 4 is 11.9 Å². The zero-order chi connectivity index (χ0) is 21.5. The highest BCUT2D eigenvalue weighted by Crippen LogP contribution is 2.28. The molecule has 1 saturated heterocycles. The molecule has 0 radical (unpaired) electrons. The summed E-state index contributed by atoms with van der Waals surface area (Å²) < 4.78 is 27.2. The van der Waals surface area contributed by atoms with Gasteiger partial charge in [-0.05, 0) is 32.8 Å². The van der Waals surface area contributed by atoms with Crippen LogP contribution in [-0.4, -0.2) is 67.5 Å². The molecule has 2 fully saturated rings. The van der Waals surface area contributed by atoms with Gasteiger partial charge in [0, 0.05) is 56.8 Å². The minimum absolute atomic E-state index is 0.267. The van der Waals surface area contributed by atoms with Crippen molar-refractivity contribution in [3.8, 4) is 0 Å². The Balaban J connectivity index is 1.46. The Morgan fingerprint density at radius 3 is 2.57 bits per heavy atom. The molecule has 166 valence electrons. The molecule has 2 aliphatic rings. The number of aliphatic imine (C=N–C) groups is 1. The summed E-state index contributed by atoms with van der Waals surface area (Å²) in [4.78, 5) is 21.3. The molecule has 30 heavy (non-hydrogen) atoms. The van der Waals surface area contributed by atoms with E-state index in [2.05, 4.69) is 20.5 Å². The van der Waals surface area contributed by atoms with E-state index in [1.807, 2.05) is 18.7 Å². The minimum Gasteiger partial charge on any atom is -0.357 e. The predicted molar refractivity (Wildman–Crippen MR) is 114 cm³/mol. The average Bonchev–Trinajstić information content (AvgIpc) is 2.67. The van der Waals surface area contributed by atoms with Gasteiger partial charge in [-0.2, -0.15) is 0 Å². The monoisotopic (exact) mass is 421 g/mol. The first kappa shape index (κ1) is 22.5. The number of amides is 1. The highest BCUT2D eigenvalue weighted by molar-refractivity contribution is 5.80. The molecule has 2 N–H and O–H groups in total. The Hall–Kier alpha value is -2.22. The Labute approximate surface area is 177 Å². The molecule has 1 atom stereocenters. The molecule has 8 heteroatoms. The fourth-order valence-corrected chi connectivity index (χ4v) is 3.86. The number of carbonyl (C=O) groups excluding carboxylic acids is 1. The van der Waals surface area contributed by atoms with Crippen molar-refractivity contribution in [3.05, 3.63) is 35.4 Å². The van der Waals surface area contributed by atoms with Gasteiger partial charge in [0.2, 0.25) is 5.91 Å². The van der Waals surface area contributed by atoms with Crippen LogP contribution in [-0.2, 0) is 4.79 Å². The third-order valence-corrected chi connectivity index (χ3v) is 5.95. The third-order valence-electron chi connectivity index (χ3n) is 5.95. The Morgan fingerprint density at radius 2 is 1.97 bits per heavy atom. The molecule has 1 amide bonds. The first-order chi connectivity index (χ1) is 14.5. The van der Waals surface area contributed by atoms with Crippen LogP contribution in [0, 0.1) is 17.6 Å². The lowest BCUT2D eigenvalue weighted by Gasteiger charge is -2.38. The summed E-state index contributed by atoms with van der Waals surface area (Å²) in [5.74, 6) is 0.0496. The number of rotatable bonds is 7. The molecule has 6 nitrogen and oxygen atoms in total. The van der Waals surface area contributed by atoms with Crippen LogP contribution in [0.5, 0.6) is 0 Å². The average molecular weight is 422 g/mol. The van der Waals surface area contributed by atoms with Crippen molar-refractivity contribution in [1.82, 2.24) is 20.4 Å². The van der Waals surface area contributed by atoms with E-state index in [0.29, 0.717) is 30.5 Å². The Morgan fingerprint density at radius 1 is 1.23 bits per heavy atom. The zero-order valence-electron chi connectivity index (χ0n) is 18.0.